The molecule has 0 bridgehead atoms. The number of nitrogens with one attached hydrogen (secondary N) is 2. The fourth-order valence-electron chi connectivity index (χ4n) is 2.37. The average Bonchev–Trinajstić information content (AvgIpc) is 2.98. The van der Waals surface area contributed by atoms with E-state index in [4.69, 9.17) is 0 Å². The molecule has 0 atom stereocenters. The number of sulfonamides is 1. The number of hydrogen-bond donors (Lipinski definition) is 2. The van der Waals surface area contributed by atoms with E-state index < -0.39 is 21.4 Å². The highest BCUT2D eigenvalue weighted by Crippen LogP contribution is 2.20. The molecule has 0 radical (unpaired) electrons. The number of aromatic amines is 1. The standard InChI is InChI=1S/C15H15FN4O3S/c1-3-14-17-18-15(21)13-7-11(8-20(13)14)24(22,23)19-10-4-5-12(16)9(2)6-10/h4-8,19H,3H2,1-2H3,(H,18,21). The lowest BCUT2D eigenvalue weighted by atomic mass is 10.2. The lowest BCUT2D eigenvalue weighted by Gasteiger charge is -2.07. The van der Waals surface area contributed by atoms with Gasteiger partial charge in [0, 0.05) is 18.3 Å². The molecule has 1 aromatic carbocycles. The molecule has 2 aromatic heterocycles. The second-order valence-corrected chi connectivity index (χ2v) is 7.01. The number of aromatic nitrogens is 3. The molecule has 126 valence electrons. The van der Waals surface area contributed by atoms with Crippen LogP contribution in [0.4, 0.5) is 10.1 Å². The van der Waals surface area contributed by atoms with Gasteiger partial charge in [-0.25, -0.2) is 17.9 Å². The van der Waals surface area contributed by atoms with E-state index in [1.54, 1.807) is 6.92 Å². The van der Waals surface area contributed by atoms with Gasteiger partial charge >= 0.3 is 0 Å². The number of halogens is 1. The van der Waals surface area contributed by atoms with Gasteiger partial charge in [-0.3, -0.25) is 13.9 Å². The minimum absolute atomic E-state index is 0.0716. The van der Waals surface area contributed by atoms with Crippen molar-refractivity contribution in [3.05, 3.63) is 58.0 Å². The minimum atomic E-state index is -3.92. The van der Waals surface area contributed by atoms with Crippen molar-refractivity contribution >= 4 is 21.2 Å². The molecule has 2 N–H and O–H groups in total. The number of hydrogen-bond acceptors (Lipinski definition) is 4. The molecule has 0 aliphatic carbocycles. The van der Waals surface area contributed by atoms with Crippen molar-refractivity contribution in [3.8, 4) is 0 Å². The molecule has 9 heteroatoms. The minimum Gasteiger partial charge on any atom is -0.297 e. The Balaban J connectivity index is 2.06. The van der Waals surface area contributed by atoms with E-state index in [-0.39, 0.29) is 16.1 Å². The number of nitrogens with zero attached hydrogens (tertiary/aromatic N) is 2. The van der Waals surface area contributed by atoms with Crippen molar-refractivity contribution in [2.75, 3.05) is 4.72 Å². The second kappa shape index (κ2) is 5.75. The Morgan fingerprint density at radius 2 is 2.08 bits per heavy atom. The van der Waals surface area contributed by atoms with Crippen LogP contribution >= 0.6 is 0 Å². The summed E-state index contributed by atoms with van der Waals surface area (Å²) in [6.45, 7) is 3.38. The van der Waals surface area contributed by atoms with Gasteiger partial charge < -0.3 is 0 Å². The number of H-pyrrole nitrogens is 1. The van der Waals surface area contributed by atoms with Gasteiger partial charge in [0.05, 0.1) is 0 Å². The highest BCUT2D eigenvalue weighted by molar-refractivity contribution is 7.92. The third kappa shape index (κ3) is 2.78. The number of fused-ring (bicyclic) bond motifs is 1. The molecular weight excluding hydrogens is 335 g/mol. The number of aryl methyl sites for hydroxylation is 2. The molecular formula is C15H15FN4O3S. The van der Waals surface area contributed by atoms with Crippen molar-refractivity contribution in [2.24, 2.45) is 0 Å². The largest absolute Gasteiger partial charge is 0.297 e. The first-order valence-electron chi connectivity index (χ1n) is 7.20. The van der Waals surface area contributed by atoms with Crippen LogP contribution in [0.2, 0.25) is 0 Å². The first-order chi connectivity index (χ1) is 11.3. The Bertz CT molecular complexity index is 1090. The number of anilines is 1. The van der Waals surface area contributed by atoms with E-state index in [2.05, 4.69) is 14.9 Å². The lowest BCUT2D eigenvalue weighted by molar-refractivity contribution is 0.600. The Hall–Kier alpha value is -2.68. The van der Waals surface area contributed by atoms with E-state index >= 15 is 0 Å². The zero-order valence-electron chi connectivity index (χ0n) is 13.0. The van der Waals surface area contributed by atoms with Crippen LogP contribution in [0, 0.1) is 12.7 Å². The summed E-state index contributed by atoms with van der Waals surface area (Å²) in [4.78, 5) is 11.8. The number of rotatable bonds is 4. The van der Waals surface area contributed by atoms with E-state index in [0.717, 1.165) is 0 Å². The van der Waals surface area contributed by atoms with Gasteiger partial charge in [-0.2, -0.15) is 5.10 Å². The maximum Gasteiger partial charge on any atom is 0.288 e. The average molecular weight is 350 g/mol. The molecule has 3 aromatic rings. The molecule has 0 aliphatic heterocycles. The first kappa shape index (κ1) is 16.2. The van der Waals surface area contributed by atoms with Crippen LogP contribution < -0.4 is 10.3 Å². The Morgan fingerprint density at radius 1 is 1.33 bits per heavy atom. The van der Waals surface area contributed by atoms with Crippen LogP contribution in [0.3, 0.4) is 0 Å². The quantitative estimate of drug-likeness (QED) is 0.750. The Morgan fingerprint density at radius 3 is 2.75 bits per heavy atom. The summed E-state index contributed by atoms with van der Waals surface area (Å²) in [6.07, 6.45) is 1.86. The zero-order valence-corrected chi connectivity index (χ0v) is 13.8. The van der Waals surface area contributed by atoms with Gasteiger partial charge in [0.1, 0.15) is 22.1 Å². The molecule has 0 aliphatic rings. The highest BCUT2D eigenvalue weighted by Gasteiger charge is 2.19. The summed E-state index contributed by atoms with van der Waals surface area (Å²) >= 11 is 0. The van der Waals surface area contributed by atoms with Gasteiger partial charge in [-0.15, -0.1) is 0 Å². The zero-order chi connectivity index (χ0) is 17.5. The maximum absolute atomic E-state index is 13.3. The van der Waals surface area contributed by atoms with Crippen LogP contribution in [0.5, 0.6) is 0 Å². The van der Waals surface area contributed by atoms with Crippen molar-refractivity contribution in [3.63, 3.8) is 0 Å². The van der Waals surface area contributed by atoms with E-state index in [1.807, 2.05) is 6.92 Å². The Kier molecular flexibility index (Phi) is 3.88. The lowest BCUT2D eigenvalue weighted by Crippen LogP contribution is -2.14. The summed E-state index contributed by atoms with van der Waals surface area (Å²) in [5.41, 5.74) is 0.279. The van der Waals surface area contributed by atoms with Crippen LogP contribution in [0.15, 0.2) is 40.2 Å². The van der Waals surface area contributed by atoms with Crippen LogP contribution in [-0.4, -0.2) is 23.0 Å². The highest BCUT2D eigenvalue weighted by atomic mass is 32.2. The Labute approximate surface area is 137 Å². The van der Waals surface area contributed by atoms with Crippen molar-refractivity contribution in [1.82, 2.24) is 14.6 Å². The molecule has 0 saturated carbocycles. The molecule has 0 spiro atoms. The van der Waals surface area contributed by atoms with E-state index in [0.29, 0.717) is 17.8 Å². The smallest absolute Gasteiger partial charge is 0.288 e. The predicted molar refractivity (Wildman–Crippen MR) is 87.1 cm³/mol. The molecule has 2 heterocycles. The topological polar surface area (TPSA) is 96.3 Å². The fraction of sp³-hybridized carbons (Fsp3) is 0.200. The van der Waals surface area contributed by atoms with Gasteiger partial charge in [0.15, 0.2) is 0 Å². The summed E-state index contributed by atoms with van der Waals surface area (Å²) in [7, 11) is -3.92. The van der Waals surface area contributed by atoms with E-state index in [9.17, 15) is 17.6 Å². The summed E-state index contributed by atoms with van der Waals surface area (Å²) < 4.78 is 42.2. The molecule has 24 heavy (non-hydrogen) atoms. The third-order valence-corrected chi connectivity index (χ3v) is 4.98. The molecule has 3 rings (SSSR count). The molecule has 0 unspecified atom stereocenters. The maximum atomic E-state index is 13.3. The van der Waals surface area contributed by atoms with Crippen LogP contribution in [0.25, 0.3) is 5.52 Å². The molecule has 0 amide bonds. The van der Waals surface area contributed by atoms with Gasteiger partial charge in [-0.1, -0.05) is 6.92 Å². The normalized spacial score (nSPS) is 11.8. The first-order valence-corrected chi connectivity index (χ1v) is 8.69. The van der Waals surface area contributed by atoms with Crippen molar-refractivity contribution in [2.45, 2.75) is 25.2 Å². The van der Waals surface area contributed by atoms with Crippen LogP contribution in [-0.2, 0) is 16.4 Å². The van der Waals surface area contributed by atoms with Crippen molar-refractivity contribution in [1.29, 1.82) is 0 Å². The predicted octanol–water partition coefficient (Wildman–Crippen LogP) is 1.83. The SMILES string of the molecule is CCc1n[nH]c(=O)c2cc(S(=O)(=O)Nc3ccc(F)c(C)c3)cn12. The van der Waals surface area contributed by atoms with Gasteiger partial charge in [-0.05, 0) is 36.8 Å². The molecule has 0 fully saturated rings. The van der Waals surface area contributed by atoms with Crippen molar-refractivity contribution < 1.29 is 12.8 Å². The summed E-state index contributed by atoms with van der Waals surface area (Å²) in [5, 5.41) is 6.23. The molecule has 0 saturated heterocycles. The second-order valence-electron chi connectivity index (χ2n) is 5.32. The summed E-state index contributed by atoms with van der Waals surface area (Å²) in [6, 6.07) is 5.20. The van der Waals surface area contributed by atoms with Gasteiger partial charge in [0.25, 0.3) is 15.6 Å². The number of benzene rings is 1. The van der Waals surface area contributed by atoms with E-state index in [1.165, 1.54) is 34.9 Å². The summed E-state index contributed by atoms with van der Waals surface area (Å²) in [5.74, 6) is 0.112. The fourth-order valence-corrected chi connectivity index (χ4v) is 3.44. The molecule has 7 nitrogen and oxygen atoms in total. The monoisotopic (exact) mass is 350 g/mol. The van der Waals surface area contributed by atoms with Crippen LogP contribution in [0.1, 0.15) is 18.3 Å². The van der Waals surface area contributed by atoms with Gasteiger partial charge in [0.2, 0.25) is 0 Å². The third-order valence-electron chi connectivity index (χ3n) is 3.63.